The van der Waals surface area contributed by atoms with Crippen molar-refractivity contribution >= 4 is 17.5 Å². The van der Waals surface area contributed by atoms with Gasteiger partial charge in [-0.25, -0.2) is 4.98 Å². The Hall–Kier alpha value is -2.83. The van der Waals surface area contributed by atoms with Crippen LogP contribution in [-0.4, -0.2) is 51.6 Å². The second kappa shape index (κ2) is 7.39. The number of hydrogen-bond donors (Lipinski definition) is 3. The number of aromatic amines is 1. The van der Waals surface area contributed by atoms with E-state index in [4.69, 9.17) is 0 Å². The number of nitrogens with zero attached hydrogens (tertiary/aromatic N) is 3. The molecule has 0 spiro atoms. The first-order valence-corrected chi connectivity index (χ1v) is 9.39. The van der Waals surface area contributed by atoms with Gasteiger partial charge < -0.3 is 15.3 Å². The normalized spacial score (nSPS) is 22.9. The maximum Gasteiger partial charge on any atom is 0.417 e. The predicted molar refractivity (Wildman–Crippen MR) is 95.4 cm³/mol. The highest BCUT2D eigenvalue weighted by molar-refractivity contribution is 5.97. The minimum Gasteiger partial charge on any atom is -0.382 e. The fraction of sp³-hybridized carbons (Fsp3) is 0.500. The number of carbonyl (C=O) groups excluding carboxylic acids is 1. The lowest BCUT2D eigenvalue weighted by Gasteiger charge is -2.34. The molecule has 13 heteroatoms. The van der Waals surface area contributed by atoms with Crippen LogP contribution in [-0.2, 0) is 11.0 Å². The topological polar surface area (TPSA) is 94.1 Å². The highest BCUT2D eigenvalue weighted by Gasteiger charge is 2.53. The minimum atomic E-state index is -4.85. The Bertz CT molecular complexity index is 963. The first kappa shape index (κ1) is 21.4. The van der Waals surface area contributed by atoms with Crippen LogP contribution in [0.25, 0.3) is 0 Å². The van der Waals surface area contributed by atoms with Gasteiger partial charge in [-0.3, -0.25) is 9.89 Å². The van der Waals surface area contributed by atoms with E-state index in [0.717, 1.165) is 12.3 Å². The molecule has 4 heterocycles. The van der Waals surface area contributed by atoms with Crippen LogP contribution < -0.4 is 10.2 Å². The van der Waals surface area contributed by atoms with Crippen LogP contribution in [0.5, 0.6) is 0 Å². The van der Waals surface area contributed by atoms with Gasteiger partial charge >= 0.3 is 12.4 Å². The van der Waals surface area contributed by atoms with Crippen molar-refractivity contribution in [3.63, 3.8) is 0 Å². The van der Waals surface area contributed by atoms with Crippen molar-refractivity contribution < 1.29 is 36.2 Å². The zero-order valence-corrected chi connectivity index (χ0v) is 15.8. The van der Waals surface area contributed by atoms with E-state index in [2.05, 4.69) is 20.5 Å². The summed E-state index contributed by atoms with van der Waals surface area (Å²) in [6, 6.07) is 2.18. The molecule has 1 saturated heterocycles. The summed E-state index contributed by atoms with van der Waals surface area (Å²) in [4.78, 5) is 17.3. The summed E-state index contributed by atoms with van der Waals surface area (Å²) in [5.41, 5.74) is -1.02. The third-order valence-electron chi connectivity index (χ3n) is 5.61. The lowest BCUT2D eigenvalue weighted by atomic mass is 9.83. The minimum absolute atomic E-state index is 0.122. The number of aliphatic hydroxyl groups excluding tert-OH is 1. The number of amides is 1. The number of halogens is 6. The predicted octanol–water partition coefficient (Wildman–Crippen LogP) is 3.17. The second-order valence-electron chi connectivity index (χ2n) is 7.52. The average molecular weight is 449 g/mol. The van der Waals surface area contributed by atoms with Crippen LogP contribution in [0.1, 0.15) is 41.5 Å². The number of nitrogens with one attached hydrogen (secondary N) is 2. The van der Waals surface area contributed by atoms with Crippen molar-refractivity contribution in [1.29, 1.82) is 0 Å². The van der Waals surface area contributed by atoms with Gasteiger partial charge in [-0.1, -0.05) is 0 Å². The number of hydrogen-bond acceptors (Lipinski definition) is 5. The van der Waals surface area contributed by atoms with Gasteiger partial charge in [-0.05, 0) is 25.0 Å². The van der Waals surface area contributed by atoms with Crippen molar-refractivity contribution in [2.24, 2.45) is 0 Å². The molecular weight excluding hydrogens is 432 g/mol. The number of aromatic nitrogens is 3. The van der Waals surface area contributed by atoms with Crippen LogP contribution >= 0.6 is 0 Å². The molecule has 0 saturated carbocycles. The van der Waals surface area contributed by atoms with E-state index < -0.39 is 41.8 Å². The van der Waals surface area contributed by atoms with Gasteiger partial charge in [0.2, 0.25) is 0 Å². The van der Waals surface area contributed by atoms with Gasteiger partial charge in [0.25, 0.3) is 5.91 Å². The fourth-order valence-corrected chi connectivity index (χ4v) is 4.06. The molecule has 2 atom stereocenters. The van der Waals surface area contributed by atoms with E-state index >= 15 is 0 Å². The van der Waals surface area contributed by atoms with Gasteiger partial charge in [-0.2, -0.15) is 31.4 Å². The summed E-state index contributed by atoms with van der Waals surface area (Å²) in [6.07, 6.45) is -10.1. The van der Waals surface area contributed by atoms with Crippen molar-refractivity contribution in [3.8, 4) is 0 Å². The van der Waals surface area contributed by atoms with Crippen LogP contribution in [0.4, 0.5) is 38.0 Å². The van der Waals surface area contributed by atoms with Gasteiger partial charge in [0.15, 0.2) is 0 Å². The zero-order valence-electron chi connectivity index (χ0n) is 15.8. The third-order valence-corrected chi connectivity index (χ3v) is 5.61. The molecule has 2 aliphatic heterocycles. The maximum absolute atomic E-state index is 13.6. The summed E-state index contributed by atoms with van der Waals surface area (Å²) >= 11 is 0. The Morgan fingerprint density at radius 1 is 1.10 bits per heavy atom. The molecule has 31 heavy (non-hydrogen) atoms. The SMILES string of the molecule is O=C1Nc2[nH]nc(C3CCN(c4ccc(C(F)(F)F)cn4)CC3)c2[C@H](C(F)(F)F)[C@@H]1O. The number of alkyl halides is 6. The summed E-state index contributed by atoms with van der Waals surface area (Å²) in [6.45, 7) is 0.687. The number of fused-ring (bicyclic) bond motifs is 1. The van der Waals surface area contributed by atoms with Gasteiger partial charge in [0.1, 0.15) is 23.7 Å². The van der Waals surface area contributed by atoms with E-state index in [-0.39, 0.29) is 17.1 Å². The van der Waals surface area contributed by atoms with E-state index in [0.29, 0.717) is 31.7 Å². The number of aliphatic hydroxyl groups is 1. The molecule has 0 aliphatic carbocycles. The number of piperidine rings is 1. The molecule has 1 amide bonds. The summed E-state index contributed by atoms with van der Waals surface area (Å²) in [5.74, 6) is -3.78. The molecule has 0 radical (unpaired) electrons. The van der Waals surface area contributed by atoms with Crippen molar-refractivity contribution in [2.45, 2.75) is 43.1 Å². The molecule has 1 fully saturated rings. The summed E-state index contributed by atoms with van der Waals surface area (Å²) < 4.78 is 78.8. The number of rotatable bonds is 2. The van der Waals surface area contributed by atoms with Crippen LogP contribution in [0.2, 0.25) is 0 Å². The molecule has 2 aromatic rings. The molecule has 2 aliphatic rings. The number of carbonyl (C=O) groups is 1. The molecule has 4 rings (SSSR count). The first-order valence-electron chi connectivity index (χ1n) is 9.39. The maximum atomic E-state index is 13.6. The van der Waals surface area contributed by atoms with Crippen LogP contribution in [0.3, 0.4) is 0 Å². The van der Waals surface area contributed by atoms with Crippen molar-refractivity contribution in [3.05, 3.63) is 35.2 Å². The Labute approximate surface area is 171 Å². The van der Waals surface area contributed by atoms with E-state index in [1.54, 1.807) is 4.90 Å². The van der Waals surface area contributed by atoms with E-state index in [9.17, 15) is 36.2 Å². The Balaban J connectivity index is 1.52. The zero-order chi connectivity index (χ0) is 22.6. The van der Waals surface area contributed by atoms with Gasteiger partial charge in [0, 0.05) is 30.8 Å². The standard InChI is InChI=1S/C18H17F6N5O2/c19-17(20,21)9-1-2-10(25-7-9)29-5-3-8(4-6-29)13-11-12(18(22,23)24)14(30)16(31)26-15(11)28-27-13/h1-2,7-8,12,14,30H,3-6H2,(H2,26,27,28,31)/t12-,14-/m0/s1. The molecule has 3 N–H and O–H groups in total. The average Bonchev–Trinajstić information content (AvgIpc) is 3.10. The molecule has 0 aromatic carbocycles. The Morgan fingerprint density at radius 3 is 2.32 bits per heavy atom. The molecule has 168 valence electrons. The second-order valence-corrected chi connectivity index (χ2v) is 7.52. The summed E-state index contributed by atoms with van der Waals surface area (Å²) in [5, 5.41) is 18.5. The van der Waals surface area contributed by atoms with E-state index in [1.165, 1.54) is 6.07 Å². The van der Waals surface area contributed by atoms with Crippen LogP contribution in [0.15, 0.2) is 18.3 Å². The monoisotopic (exact) mass is 449 g/mol. The van der Waals surface area contributed by atoms with Gasteiger partial charge in [-0.15, -0.1) is 0 Å². The van der Waals surface area contributed by atoms with Crippen LogP contribution in [0, 0.1) is 0 Å². The first-order chi connectivity index (χ1) is 14.5. The lowest BCUT2D eigenvalue weighted by molar-refractivity contribution is -0.177. The van der Waals surface area contributed by atoms with Gasteiger partial charge in [0.05, 0.1) is 11.3 Å². The number of anilines is 2. The fourth-order valence-electron chi connectivity index (χ4n) is 4.06. The lowest BCUT2D eigenvalue weighted by Crippen LogP contribution is -2.44. The highest BCUT2D eigenvalue weighted by atomic mass is 19.4. The van der Waals surface area contributed by atoms with Crippen molar-refractivity contribution in [1.82, 2.24) is 15.2 Å². The largest absolute Gasteiger partial charge is 0.417 e. The number of H-pyrrole nitrogens is 1. The molecule has 0 unspecified atom stereocenters. The smallest absolute Gasteiger partial charge is 0.382 e. The molecule has 0 bridgehead atoms. The number of pyridine rings is 1. The molecule has 7 nitrogen and oxygen atoms in total. The summed E-state index contributed by atoms with van der Waals surface area (Å²) in [7, 11) is 0. The van der Waals surface area contributed by atoms with Crippen molar-refractivity contribution in [2.75, 3.05) is 23.3 Å². The quantitative estimate of drug-likeness (QED) is 0.613. The Morgan fingerprint density at radius 2 is 1.77 bits per heavy atom. The Kier molecular flexibility index (Phi) is 5.10. The van der Waals surface area contributed by atoms with E-state index in [1.807, 2.05) is 0 Å². The highest BCUT2D eigenvalue weighted by Crippen LogP contribution is 2.47. The molecule has 2 aromatic heterocycles. The molecular formula is C18H17F6N5O2. The third kappa shape index (κ3) is 3.93.